The van der Waals surface area contributed by atoms with Gasteiger partial charge in [0.05, 0.1) is 0 Å². The zero-order chi connectivity index (χ0) is 19.8. The van der Waals surface area contributed by atoms with E-state index < -0.39 is 6.04 Å². The van der Waals surface area contributed by atoms with Crippen LogP contribution in [0.5, 0.6) is 0 Å². The molecule has 0 aromatic heterocycles. The van der Waals surface area contributed by atoms with Crippen LogP contribution in [0.25, 0.3) is 0 Å². The van der Waals surface area contributed by atoms with Crippen molar-refractivity contribution >= 4 is 17.7 Å². The van der Waals surface area contributed by atoms with Crippen LogP contribution in [-0.2, 0) is 22.7 Å². The van der Waals surface area contributed by atoms with Crippen LogP contribution in [-0.4, -0.2) is 52.7 Å². The molecule has 7 heteroatoms. The van der Waals surface area contributed by atoms with Crippen LogP contribution in [0.4, 0.5) is 0 Å². The third-order valence-corrected chi connectivity index (χ3v) is 6.35. The Balaban J connectivity index is 1.48. The molecule has 3 heterocycles. The summed E-state index contributed by atoms with van der Waals surface area (Å²) in [4.78, 5) is 40.5. The zero-order valence-corrected chi connectivity index (χ0v) is 16.3. The monoisotopic (exact) mass is 384 g/mol. The molecule has 3 amide bonds. The standard InChI is InChI=1S/C21H28N4O3/c1-13-6-7-24(16(8-13)10-22)11-14-2-3-15-12-25(21(28)17(15)9-14)18-4-5-19(26)23-20(18)27/h2-3,9,13,16,18H,4-8,10-12,22H2,1H3,(H,23,26,27)/t13-,16+,18?/m1/s1. The van der Waals surface area contributed by atoms with Crippen LogP contribution in [0, 0.1) is 5.92 Å². The number of piperidine rings is 2. The number of amides is 3. The van der Waals surface area contributed by atoms with Gasteiger partial charge in [0.25, 0.3) is 5.91 Å². The molecule has 3 atom stereocenters. The van der Waals surface area contributed by atoms with E-state index in [9.17, 15) is 14.4 Å². The van der Waals surface area contributed by atoms with Gasteiger partial charge < -0.3 is 10.6 Å². The van der Waals surface area contributed by atoms with Crippen molar-refractivity contribution in [2.45, 2.75) is 57.8 Å². The number of nitrogens with one attached hydrogen (secondary N) is 1. The van der Waals surface area contributed by atoms with Gasteiger partial charge in [-0.15, -0.1) is 0 Å². The number of imide groups is 1. The molecule has 3 aliphatic rings. The molecule has 2 saturated heterocycles. The van der Waals surface area contributed by atoms with Gasteiger partial charge in [-0.3, -0.25) is 24.6 Å². The summed E-state index contributed by atoms with van der Waals surface area (Å²) in [6.45, 7) is 5.16. The lowest BCUT2D eigenvalue weighted by Gasteiger charge is -2.38. The van der Waals surface area contributed by atoms with E-state index in [2.05, 4.69) is 23.2 Å². The maximum absolute atomic E-state index is 13.0. The molecule has 1 aromatic rings. The van der Waals surface area contributed by atoms with Crippen LogP contribution in [0.1, 0.15) is 54.1 Å². The Hall–Kier alpha value is -2.25. The lowest BCUT2D eigenvalue weighted by atomic mass is 9.92. The number of hydrogen-bond acceptors (Lipinski definition) is 5. The molecule has 0 spiro atoms. The number of hydrogen-bond donors (Lipinski definition) is 2. The van der Waals surface area contributed by atoms with Crippen molar-refractivity contribution in [2.24, 2.45) is 11.7 Å². The predicted molar refractivity (Wildman–Crippen MR) is 104 cm³/mol. The first kappa shape index (κ1) is 19.1. The van der Waals surface area contributed by atoms with Gasteiger partial charge in [-0.2, -0.15) is 0 Å². The van der Waals surface area contributed by atoms with Gasteiger partial charge in [-0.05, 0) is 48.9 Å². The van der Waals surface area contributed by atoms with Gasteiger partial charge in [0.1, 0.15) is 6.04 Å². The van der Waals surface area contributed by atoms with E-state index in [1.54, 1.807) is 4.90 Å². The number of carbonyl (C=O) groups excluding carboxylic acids is 3. The number of nitrogens with zero attached hydrogens (tertiary/aromatic N) is 2. The molecule has 150 valence electrons. The summed E-state index contributed by atoms with van der Waals surface area (Å²) in [6, 6.07) is 5.86. The molecule has 2 fully saturated rings. The number of fused-ring (bicyclic) bond motifs is 1. The van der Waals surface area contributed by atoms with Crippen LogP contribution in [0.15, 0.2) is 18.2 Å². The van der Waals surface area contributed by atoms with E-state index in [-0.39, 0.29) is 24.1 Å². The number of nitrogens with two attached hydrogens (primary N) is 1. The van der Waals surface area contributed by atoms with Crippen LogP contribution >= 0.6 is 0 Å². The van der Waals surface area contributed by atoms with E-state index in [1.807, 2.05) is 12.1 Å². The summed E-state index contributed by atoms with van der Waals surface area (Å²) in [5.41, 5.74) is 8.71. The average Bonchev–Trinajstić information content (AvgIpc) is 2.99. The van der Waals surface area contributed by atoms with E-state index in [1.165, 1.54) is 6.42 Å². The normalized spacial score (nSPS) is 28.4. The van der Waals surface area contributed by atoms with E-state index in [0.717, 1.165) is 30.6 Å². The Kier molecular flexibility index (Phi) is 5.21. The minimum atomic E-state index is -0.564. The van der Waals surface area contributed by atoms with Crippen molar-refractivity contribution in [3.8, 4) is 0 Å². The minimum Gasteiger partial charge on any atom is -0.329 e. The Bertz CT molecular complexity index is 809. The van der Waals surface area contributed by atoms with Crippen molar-refractivity contribution in [3.05, 3.63) is 34.9 Å². The Morgan fingerprint density at radius 1 is 1.21 bits per heavy atom. The highest BCUT2D eigenvalue weighted by molar-refractivity contribution is 6.05. The minimum absolute atomic E-state index is 0.117. The summed E-state index contributed by atoms with van der Waals surface area (Å²) in [6.07, 6.45) is 2.95. The third-order valence-electron chi connectivity index (χ3n) is 6.35. The fourth-order valence-corrected chi connectivity index (χ4v) is 4.69. The summed E-state index contributed by atoms with van der Waals surface area (Å²) >= 11 is 0. The first-order valence-electron chi connectivity index (χ1n) is 10.2. The largest absolute Gasteiger partial charge is 0.329 e. The number of likely N-dealkylation sites (tertiary alicyclic amines) is 1. The number of benzene rings is 1. The fraction of sp³-hybridized carbons (Fsp3) is 0.571. The van der Waals surface area contributed by atoms with Gasteiger partial charge in [0, 0.05) is 37.7 Å². The number of rotatable bonds is 4. The zero-order valence-electron chi connectivity index (χ0n) is 16.3. The summed E-state index contributed by atoms with van der Waals surface area (Å²) in [7, 11) is 0. The topological polar surface area (TPSA) is 95.7 Å². The van der Waals surface area contributed by atoms with Crippen molar-refractivity contribution in [3.63, 3.8) is 0 Å². The SMILES string of the molecule is C[C@@H]1CCN(Cc2ccc3c(c2)C(=O)N(C2CCC(=O)NC2=O)C3)[C@H](CN)C1. The van der Waals surface area contributed by atoms with Gasteiger partial charge in [0.15, 0.2) is 0 Å². The molecule has 0 bridgehead atoms. The molecule has 3 aliphatic heterocycles. The van der Waals surface area contributed by atoms with Crippen LogP contribution in [0.2, 0.25) is 0 Å². The van der Waals surface area contributed by atoms with Crippen LogP contribution in [0.3, 0.4) is 0 Å². The molecular weight excluding hydrogens is 356 g/mol. The quantitative estimate of drug-likeness (QED) is 0.756. The molecular formula is C21H28N4O3. The van der Waals surface area contributed by atoms with Crippen molar-refractivity contribution in [2.75, 3.05) is 13.1 Å². The first-order chi connectivity index (χ1) is 13.5. The maximum Gasteiger partial charge on any atom is 0.255 e. The maximum atomic E-state index is 13.0. The summed E-state index contributed by atoms with van der Waals surface area (Å²) in [5, 5.41) is 2.34. The molecule has 0 aliphatic carbocycles. The molecule has 1 aromatic carbocycles. The Morgan fingerprint density at radius 3 is 2.79 bits per heavy atom. The van der Waals surface area contributed by atoms with Crippen LogP contribution < -0.4 is 11.1 Å². The number of carbonyl (C=O) groups is 3. The van der Waals surface area contributed by atoms with Gasteiger partial charge in [-0.1, -0.05) is 19.1 Å². The van der Waals surface area contributed by atoms with Crippen molar-refractivity contribution < 1.29 is 14.4 Å². The smallest absolute Gasteiger partial charge is 0.255 e. The fourth-order valence-electron chi connectivity index (χ4n) is 4.69. The van der Waals surface area contributed by atoms with Gasteiger partial charge in [0.2, 0.25) is 11.8 Å². The highest BCUT2D eigenvalue weighted by Gasteiger charge is 2.39. The second kappa shape index (κ2) is 7.64. The molecule has 4 rings (SSSR count). The lowest BCUT2D eigenvalue weighted by molar-refractivity contribution is -0.136. The Morgan fingerprint density at radius 2 is 2.04 bits per heavy atom. The van der Waals surface area contributed by atoms with E-state index in [0.29, 0.717) is 37.0 Å². The van der Waals surface area contributed by atoms with Gasteiger partial charge in [-0.25, -0.2) is 0 Å². The third kappa shape index (κ3) is 3.56. The average molecular weight is 384 g/mol. The molecule has 0 saturated carbocycles. The summed E-state index contributed by atoms with van der Waals surface area (Å²) < 4.78 is 0. The highest BCUT2D eigenvalue weighted by atomic mass is 16.2. The second-order valence-corrected chi connectivity index (χ2v) is 8.38. The molecule has 0 radical (unpaired) electrons. The Labute approximate surface area is 165 Å². The van der Waals surface area contributed by atoms with E-state index in [4.69, 9.17) is 5.73 Å². The highest BCUT2D eigenvalue weighted by Crippen LogP contribution is 2.29. The molecule has 3 N–H and O–H groups in total. The molecule has 1 unspecified atom stereocenters. The molecule has 28 heavy (non-hydrogen) atoms. The second-order valence-electron chi connectivity index (χ2n) is 8.38. The molecule has 7 nitrogen and oxygen atoms in total. The van der Waals surface area contributed by atoms with E-state index >= 15 is 0 Å². The van der Waals surface area contributed by atoms with Gasteiger partial charge >= 0.3 is 0 Å². The van der Waals surface area contributed by atoms with Crippen molar-refractivity contribution in [1.82, 2.24) is 15.1 Å². The first-order valence-corrected chi connectivity index (χ1v) is 10.2. The van der Waals surface area contributed by atoms with Crippen molar-refractivity contribution in [1.29, 1.82) is 0 Å². The summed E-state index contributed by atoms with van der Waals surface area (Å²) in [5.74, 6) is -0.0497. The lowest BCUT2D eigenvalue weighted by Crippen LogP contribution is -2.52. The predicted octanol–water partition coefficient (Wildman–Crippen LogP) is 1.01.